The van der Waals surface area contributed by atoms with Crippen molar-refractivity contribution in [3.05, 3.63) is 28.7 Å². The van der Waals surface area contributed by atoms with Crippen molar-refractivity contribution in [3.63, 3.8) is 0 Å². The molecular weight excluding hydrogens is 284 g/mol. The highest BCUT2D eigenvalue weighted by Crippen LogP contribution is 2.15. The van der Waals surface area contributed by atoms with Gasteiger partial charge in [0.25, 0.3) is 5.91 Å². The third kappa shape index (κ3) is 6.28. The van der Waals surface area contributed by atoms with Gasteiger partial charge in [0.2, 0.25) is 0 Å². The molecule has 0 aliphatic heterocycles. The summed E-state index contributed by atoms with van der Waals surface area (Å²) in [5, 5.41) is 2.80. The summed E-state index contributed by atoms with van der Waals surface area (Å²) in [5.74, 6) is 0.607. The van der Waals surface area contributed by atoms with E-state index in [1.807, 2.05) is 38.4 Å². The Balaban J connectivity index is 2.21. The van der Waals surface area contributed by atoms with Crippen LogP contribution in [0, 0.1) is 0 Å². The summed E-state index contributed by atoms with van der Waals surface area (Å²) in [5.41, 5.74) is 0. The topological polar surface area (TPSA) is 42.8 Å². The molecule has 0 bridgehead atoms. The number of halogens is 1. The Kier molecular flexibility index (Phi) is 6.00. The Hall–Kier alpha value is -1.07. The van der Waals surface area contributed by atoms with Gasteiger partial charge in [0.1, 0.15) is 5.75 Å². The highest BCUT2D eigenvalue weighted by Gasteiger charge is 2.03. The van der Waals surface area contributed by atoms with E-state index >= 15 is 0 Å². The molecule has 5 heteroatoms. The SMILES string of the molecule is C[NH+](C)CCNC(=O)COc1ccc(Br)cc1. The van der Waals surface area contributed by atoms with Crippen molar-refractivity contribution in [2.75, 3.05) is 33.8 Å². The first kappa shape index (κ1) is 14.0. The Morgan fingerprint density at radius 2 is 2.00 bits per heavy atom. The van der Waals surface area contributed by atoms with Gasteiger partial charge in [0, 0.05) is 4.47 Å². The van der Waals surface area contributed by atoms with Crippen LogP contribution in [0.5, 0.6) is 5.75 Å². The Labute approximate surface area is 110 Å². The van der Waals surface area contributed by atoms with E-state index in [9.17, 15) is 4.79 Å². The van der Waals surface area contributed by atoms with E-state index in [4.69, 9.17) is 4.74 Å². The third-order valence-corrected chi connectivity index (χ3v) is 2.66. The maximum atomic E-state index is 11.4. The standard InChI is InChI=1S/C12H17BrN2O2/c1-15(2)8-7-14-12(16)9-17-11-5-3-10(13)4-6-11/h3-6H,7-9H2,1-2H3,(H,14,16)/p+1. The van der Waals surface area contributed by atoms with Crippen LogP contribution in [0.1, 0.15) is 0 Å². The van der Waals surface area contributed by atoms with Gasteiger partial charge >= 0.3 is 0 Å². The molecule has 17 heavy (non-hydrogen) atoms. The zero-order valence-corrected chi connectivity index (χ0v) is 11.7. The fourth-order valence-corrected chi connectivity index (χ4v) is 1.45. The molecule has 0 aliphatic rings. The van der Waals surface area contributed by atoms with Gasteiger partial charge in [-0.15, -0.1) is 0 Å². The van der Waals surface area contributed by atoms with E-state index in [1.165, 1.54) is 4.90 Å². The average molecular weight is 302 g/mol. The summed E-state index contributed by atoms with van der Waals surface area (Å²) in [7, 11) is 4.09. The molecule has 1 rings (SSSR count). The van der Waals surface area contributed by atoms with Crippen LogP contribution >= 0.6 is 15.9 Å². The third-order valence-electron chi connectivity index (χ3n) is 2.13. The van der Waals surface area contributed by atoms with Crippen molar-refractivity contribution < 1.29 is 14.4 Å². The smallest absolute Gasteiger partial charge is 0.258 e. The van der Waals surface area contributed by atoms with Gasteiger partial charge < -0.3 is 15.0 Å². The number of quaternary nitrogens is 1. The van der Waals surface area contributed by atoms with Gasteiger partial charge in [-0.25, -0.2) is 0 Å². The first-order chi connectivity index (χ1) is 8.08. The van der Waals surface area contributed by atoms with Gasteiger partial charge in [0.15, 0.2) is 6.61 Å². The molecule has 0 fully saturated rings. The lowest BCUT2D eigenvalue weighted by Crippen LogP contribution is -3.06. The van der Waals surface area contributed by atoms with Crippen molar-refractivity contribution in [3.8, 4) is 5.75 Å². The summed E-state index contributed by atoms with van der Waals surface area (Å²) in [4.78, 5) is 12.7. The Bertz CT molecular complexity index is 352. The quantitative estimate of drug-likeness (QED) is 0.782. The molecule has 1 amide bonds. The lowest BCUT2D eigenvalue weighted by molar-refractivity contribution is -0.856. The Morgan fingerprint density at radius 3 is 2.59 bits per heavy atom. The number of carbonyl (C=O) groups excluding carboxylic acids is 1. The number of likely N-dealkylation sites (N-methyl/N-ethyl adjacent to an activating group) is 1. The molecule has 0 aromatic heterocycles. The van der Waals surface area contributed by atoms with Gasteiger partial charge in [-0.05, 0) is 24.3 Å². The lowest BCUT2D eigenvalue weighted by Gasteiger charge is -2.09. The minimum Gasteiger partial charge on any atom is -0.484 e. The van der Waals surface area contributed by atoms with Gasteiger partial charge in [-0.3, -0.25) is 4.79 Å². The number of hydrogen-bond acceptors (Lipinski definition) is 2. The predicted octanol–water partition coefficient (Wildman–Crippen LogP) is 0.0886. The molecule has 0 atom stereocenters. The number of nitrogens with one attached hydrogen (secondary N) is 2. The minimum absolute atomic E-state index is 0.0599. The number of hydrogen-bond donors (Lipinski definition) is 2. The summed E-state index contributed by atoms with van der Waals surface area (Å²) in [6.45, 7) is 1.64. The highest BCUT2D eigenvalue weighted by molar-refractivity contribution is 9.10. The molecule has 0 radical (unpaired) electrons. The molecule has 4 nitrogen and oxygen atoms in total. The van der Waals surface area contributed by atoms with Crippen LogP contribution in [0.2, 0.25) is 0 Å². The number of benzene rings is 1. The molecule has 0 spiro atoms. The van der Waals surface area contributed by atoms with E-state index in [1.54, 1.807) is 0 Å². The van der Waals surface area contributed by atoms with Crippen molar-refractivity contribution in [1.29, 1.82) is 0 Å². The van der Waals surface area contributed by atoms with Crippen LogP contribution in [0.15, 0.2) is 28.7 Å². The molecule has 0 saturated heterocycles. The van der Waals surface area contributed by atoms with Crippen LogP contribution in [-0.2, 0) is 4.79 Å². The van der Waals surface area contributed by atoms with Crippen molar-refractivity contribution in [2.24, 2.45) is 0 Å². The zero-order chi connectivity index (χ0) is 12.7. The minimum atomic E-state index is -0.0887. The monoisotopic (exact) mass is 301 g/mol. The second-order valence-corrected chi connectivity index (χ2v) is 4.97. The molecule has 0 heterocycles. The average Bonchev–Trinajstić information content (AvgIpc) is 2.28. The molecule has 2 N–H and O–H groups in total. The summed E-state index contributed by atoms with van der Waals surface area (Å²) in [6, 6.07) is 7.40. The normalized spacial score (nSPS) is 10.4. The molecule has 0 saturated carbocycles. The highest BCUT2D eigenvalue weighted by atomic mass is 79.9. The van der Waals surface area contributed by atoms with Crippen molar-refractivity contribution >= 4 is 21.8 Å². The summed E-state index contributed by atoms with van der Waals surface area (Å²) < 4.78 is 6.33. The van der Waals surface area contributed by atoms with Crippen molar-refractivity contribution in [1.82, 2.24) is 5.32 Å². The zero-order valence-electron chi connectivity index (χ0n) is 10.1. The molecule has 0 aliphatic carbocycles. The van der Waals surface area contributed by atoms with Crippen LogP contribution in [0.4, 0.5) is 0 Å². The lowest BCUT2D eigenvalue weighted by atomic mass is 10.3. The fraction of sp³-hybridized carbons (Fsp3) is 0.417. The van der Waals surface area contributed by atoms with E-state index in [-0.39, 0.29) is 12.5 Å². The second-order valence-electron chi connectivity index (χ2n) is 4.05. The van der Waals surface area contributed by atoms with Gasteiger partial charge in [-0.1, -0.05) is 15.9 Å². The first-order valence-corrected chi connectivity index (χ1v) is 6.31. The summed E-state index contributed by atoms with van der Waals surface area (Å²) in [6.07, 6.45) is 0. The number of carbonyl (C=O) groups is 1. The van der Waals surface area contributed by atoms with E-state index < -0.39 is 0 Å². The maximum absolute atomic E-state index is 11.4. The van der Waals surface area contributed by atoms with E-state index in [2.05, 4.69) is 21.2 Å². The first-order valence-electron chi connectivity index (χ1n) is 5.52. The number of amides is 1. The second kappa shape index (κ2) is 7.29. The van der Waals surface area contributed by atoms with Crippen LogP contribution in [0.25, 0.3) is 0 Å². The van der Waals surface area contributed by atoms with Crippen molar-refractivity contribution in [2.45, 2.75) is 0 Å². The summed E-state index contributed by atoms with van der Waals surface area (Å²) >= 11 is 3.34. The molecule has 1 aromatic carbocycles. The van der Waals surface area contributed by atoms with E-state index in [0.717, 1.165) is 11.0 Å². The predicted molar refractivity (Wildman–Crippen MR) is 70.3 cm³/mol. The van der Waals surface area contributed by atoms with Crippen LogP contribution in [-0.4, -0.2) is 39.7 Å². The molecule has 1 aromatic rings. The number of rotatable bonds is 6. The Morgan fingerprint density at radius 1 is 1.35 bits per heavy atom. The van der Waals surface area contributed by atoms with Crippen LogP contribution in [0.3, 0.4) is 0 Å². The maximum Gasteiger partial charge on any atom is 0.258 e. The fourth-order valence-electron chi connectivity index (χ4n) is 1.18. The molecule has 0 unspecified atom stereocenters. The number of ether oxygens (including phenoxy) is 1. The molecular formula is C12H18BrN2O2+. The molecule has 94 valence electrons. The van der Waals surface area contributed by atoms with E-state index in [0.29, 0.717) is 12.3 Å². The van der Waals surface area contributed by atoms with Gasteiger partial charge in [-0.2, -0.15) is 0 Å². The van der Waals surface area contributed by atoms with Gasteiger partial charge in [0.05, 0.1) is 27.2 Å². The van der Waals surface area contributed by atoms with Crippen LogP contribution < -0.4 is 15.0 Å². The largest absolute Gasteiger partial charge is 0.484 e.